The van der Waals surface area contributed by atoms with E-state index in [1.807, 2.05) is 0 Å². The molecule has 1 aromatic carbocycles. The minimum atomic E-state index is -0.317. The second kappa shape index (κ2) is 5.83. The molecule has 0 bridgehead atoms. The minimum Gasteiger partial charge on any atom is -0.459 e. The smallest absolute Gasteiger partial charge is 0.291 e. The number of hydrogen-bond donors (Lipinski definition) is 2. The first-order valence-electron chi connectivity index (χ1n) is 6.98. The number of carbonyl (C=O) groups is 2. The van der Waals surface area contributed by atoms with Crippen LogP contribution in [0.4, 0.5) is 11.4 Å². The number of amides is 2. The van der Waals surface area contributed by atoms with Crippen LogP contribution in [0.1, 0.15) is 29.8 Å². The Balaban J connectivity index is 1.65. The molecule has 0 spiro atoms. The topological polar surface area (TPSA) is 71.3 Å². The average molecular weight is 284 g/mol. The molecule has 2 amide bonds. The van der Waals surface area contributed by atoms with Crippen LogP contribution in [0.2, 0.25) is 0 Å². The Bertz CT molecular complexity index is 645. The summed E-state index contributed by atoms with van der Waals surface area (Å²) in [7, 11) is 0. The highest BCUT2D eigenvalue weighted by molar-refractivity contribution is 6.02. The van der Waals surface area contributed by atoms with Gasteiger partial charge in [-0.05, 0) is 43.2 Å². The Morgan fingerprint density at radius 1 is 1.05 bits per heavy atom. The molecule has 1 saturated carbocycles. The Morgan fingerprint density at radius 2 is 1.81 bits per heavy atom. The van der Waals surface area contributed by atoms with E-state index in [0.29, 0.717) is 11.4 Å². The van der Waals surface area contributed by atoms with Crippen molar-refractivity contribution in [1.82, 2.24) is 0 Å². The molecule has 0 radical (unpaired) electrons. The van der Waals surface area contributed by atoms with Gasteiger partial charge >= 0.3 is 0 Å². The summed E-state index contributed by atoms with van der Waals surface area (Å²) in [6, 6.07) is 10.3. The van der Waals surface area contributed by atoms with E-state index in [2.05, 4.69) is 10.6 Å². The van der Waals surface area contributed by atoms with E-state index >= 15 is 0 Å². The summed E-state index contributed by atoms with van der Waals surface area (Å²) >= 11 is 0. The molecule has 21 heavy (non-hydrogen) atoms. The van der Waals surface area contributed by atoms with Crippen LogP contribution in [0.15, 0.2) is 47.1 Å². The lowest BCUT2D eigenvalue weighted by Gasteiger charge is -2.24. The molecule has 108 valence electrons. The Labute approximate surface area is 122 Å². The molecule has 1 heterocycles. The van der Waals surface area contributed by atoms with Gasteiger partial charge in [0.25, 0.3) is 5.91 Å². The summed E-state index contributed by atoms with van der Waals surface area (Å²) in [6.45, 7) is 0. The van der Waals surface area contributed by atoms with E-state index in [4.69, 9.17) is 4.42 Å². The standard InChI is InChI=1S/C16H16N2O3/c19-15(11-4-1-5-11)17-12-6-2-7-13(10-12)18-16(20)14-8-3-9-21-14/h2-3,6-11H,1,4-5H2,(H,17,19)(H,18,20). The van der Waals surface area contributed by atoms with Gasteiger partial charge in [0.15, 0.2) is 5.76 Å². The number of nitrogens with one attached hydrogen (secondary N) is 2. The van der Waals surface area contributed by atoms with Crippen LogP contribution in [-0.2, 0) is 4.79 Å². The van der Waals surface area contributed by atoms with E-state index in [-0.39, 0.29) is 23.5 Å². The van der Waals surface area contributed by atoms with Gasteiger partial charge in [0, 0.05) is 17.3 Å². The summed E-state index contributed by atoms with van der Waals surface area (Å²) < 4.78 is 5.03. The fraction of sp³-hybridized carbons (Fsp3) is 0.250. The molecule has 1 aliphatic rings. The van der Waals surface area contributed by atoms with E-state index in [1.54, 1.807) is 36.4 Å². The molecule has 5 heteroatoms. The normalized spacial score (nSPS) is 14.3. The van der Waals surface area contributed by atoms with Crippen LogP contribution < -0.4 is 10.6 Å². The molecule has 2 N–H and O–H groups in total. The van der Waals surface area contributed by atoms with Crippen LogP contribution in [-0.4, -0.2) is 11.8 Å². The molecular formula is C16H16N2O3. The number of rotatable bonds is 4. The van der Waals surface area contributed by atoms with Crippen molar-refractivity contribution in [3.05, 3.63) is 48.4 Å². The molecule has 1 aromatic heterocycles. The third-order valence-electron chi connectivity index (χ3n) is 3.61. The number of furan rings is 1. The van der Waals surface area contributed by atoms with Crippen LogP contribution in [0.3, 0.4) is 0 Å². The molecule has 2 aromatic rings. The van der Waals surface area contributed by atoms with Gasteiger partial charge in [-0.1, -0.05) is 12.5 Å². The predicted octanol–water partition coefficient (Wildman–Crippen LogP) is 3.27. The van der Waals surface area contributed by atoms with E-state index in [0.717, 1.165) is 19.3 Å². The van der Waals surface area contributed by atoms with Gasteiger partial charge in [0.1, 0.15) is 0 Å². The lowest BCUT2D eigenvalue weighted by Crippen LogP contribution is -2.28. The van der Waals surface area contributed by atoms with E-state index in [9.17, 15) is 9.59 Å². The second-order valence-electron chi connectivity index (χ2n) is 5.13. The van der Waals surface area contributed by atoms with Crippen molar-refractivity contribution in [2.75, 3.05) is 10.6 Å². The first kappa shape index (κ1) is 13.4. The first-order valence-corrected chi connectivity index (χ1v) is 6.98. The number of anilines is 2. The maximum Gasteiger partial charge on any atom is 0.291 e. The van der Waals surface area contributed by atoms with Crippen molar-refractivity contribution in [3.8, 4) is 0 Å². The highest BCUT2D eigenvalue weighted by Crippen LogP contribution is 2.28. The second-order valence-corrected chi connectivity index (χ2v) is 5.13. The molecule has 5 nitrogen and oxygen atoms in total. The highest BCUT2D eigenvalue weighted by atomic mass is 16.3. The highest BCUT2D eigenvalue weighted by Gasteiger charge is 2.25. The Kier molecular flexibility index (Phi) is 3.73. The zero-order chi connectivity index (χ0) is 14.7. The van der Waals surface area contributed by atoms with Crippen LogP contribution in [0, 0.1) is 5.92 Å². The van der Waals surface area contributed by atoms with Gasteiger partial charge < -0.3 is 15.1 Å². The van der Waals surface area contributed by atoms with Crippen LogP contribution in [0.25, 0.3) is 0 Å². The van der Waals surface area contributed by atoms with Crippen molar-refractivity contribution in [1.29, 1.82) is 0 Å². The zero-order valence-corrected chi connectivity index (χ0v) is 11.5. The quantitative estimate of drug-likeness (QED) is 0.905. The zero-order valence-electron chi connectivity index (χ0n) is 11.5. The maximum absolute atomic E-state index is 11.9. The van der Waals surface area contributed by atoms with Gasteiger partial charge in [-0.2, -0.15) is 0 Å². The van der Waals surface area contributed by atoms with Crippen molar-refractivity contribution in [2.45, 2.75) is 19.3 Å². The largest absolute Gasteiger partial charge is 0.459 e. The summed E-state index contributed by atoms with van der Waals surface area (Å²) in [5.74, 6) is 0.114. The Morgan fingerprint density at radius 3 is 2.43 bits per heavy atom. The molecule has 0 aliphatic heterocycles. The molecular weight excluding hydrogens is 268 g/mol. The van der Waals surface area contributed by atoms with Gasteiger partial charge in [0.2, 0.25) is 5.91 Å². The average Bonchev–Trinajstić information content (AvgIpc) is 2.90. The molecule has 0 atom stereocenters. The molecule has 1 fully saturated rings. The fourth-order valence-corrected chi connectivity index (χ4v) is 2.19. The van der Waals surface area contributed by atoms with Crippen molar-refractivity contribution < 1.29 is 14.0 Å². The van der Waals surface area contributed by atoms with Crippen molar-refractivity contribution in [2.24, 2.45) is 5.92 Å². The predicted molar refractivity (Wildman–Crippen MR) is 79.1 cm³/mol. The van der Waals surface area contributed by atoms with Crippen molar-refractivity contribution in [3.63, 3.8) is 0 Å². The molecule has 1 aliphatic carbocycles. The molecule has 0 saturated heterocycles. The number of hydrogen-bond acceptors (Lipinski definition) is 3. The maximum atomic E-state index is 11.9. The minimum absolute atomic E-state index is 0.0516. The van der Waals surface area contributed by atoms with Crippen molar-refractivity contribution >= 4 is 23.2 Å². The Hall–Kier alpha value is -2.56. The lowest BCUT2D eigenvalue weighted by molar-refractivity contribution is -0.122. The van der Waals surface area contributed by atoms with Gasteiger partial charge in [-0.3, -0.25) is 9.59 Å². The van der Waals surface area contributed by atoms with Crippen LogP contribution in [0.5, 0.6) is 0 Å². The van der Waals surface area contributed by atoms with Gasteiger partial charge in [0.05, 0.1) is 6.26 Å². The van der Waals surface area contributed by atoms with E-state index < -0.39 is 0 Å². The van der Waals surface area contributed by atoms with Crippen LogP contribution >= 0.6 is 0 Å². The SMILES string of the molecule is O=C(Nc1cccc(NC(=O)C2CCC2)c1)c1ccco1. The number of benzene rings is 1. The third-order valence-corrected chi connectivity index (χ3v) is 3.61. The summed E-state index contributed by atoms with van der Waals surface area (Å²) in [5, 5.41) is 5.61. The van der Waals surface area contributed by atoms with Gasteiger partial charge in [-0.15, -0.1) is 0 Å². The van der Waals surface area contributed by atoms with E-state index in [1.165, 1.54) is 6.26 Å². The first-order chi connectivity index (χ1) is 10.2. The lowest BCUT2D eigenvalue weighted by atomic mass is 9.85. The summed E-state index contributed by atoms with van der Waals surface area (Å²) in [4.78, 5) is 23.8. The fourth-order valence-electron chi connectivity index (χ4n) is 2.19. The third kappa shape index (κ3) is 3.13. The van der Waals surface area contributed by atoms with Gasteiger partial charge in [-0.25, -0.2) is 0 Å². The summed E-state index contributed by atoms with van der Waals surface area (Å²) in [6.07, 6.45) is 4.49. The monoisotopic (exact) mass is 284 g/mol. The number of carbonyl (C=O) groups excluding carboxylic acids is 2. The molecule has 0 unspecified atom stereocenters. The summed E-state index contributed by atoms with van der Waals surface area (Å²) in [5.41, 5.74) is 1.30. The molecule has 3 rings (SSSR count).